The molecule has 0 aromatic carbocycles. The number of hydrogen-bond acceptors (Lipinski definition) is 3. The highest BCUT2D eigenvalue weighted by Crippen LogP contribution is 2.36. The summed E-state index contributed by atoms with van der Waals surface area (Å²) in [6.45, 7) is 7.25. The maximum atomic E-state index is 9.02. The van der Waals surface area contributed by atoms with Crippen LogP contribution in [0.5, 0.6) is 0 Å². The van der Waals surface area contributed by atoms with Gasteiger partial charge < -0.3 is 10.1 Å². The van der Waals surface area contributed by atoms with Crippen LogP contribution in [0.3, 0.4) is 0 Å². The SMILES string of the molecule is CNC(C)(C#N)CCOC1CCC(C)(C)CC1. The summed E-state index contributed by atoms with van der Waals surface area (Å²) in [4.78, 5) is 0. The lowest BCUT2D eigenvalue weighted by molar-refractivity contribution is -0.00112. The van der Waals surface area contributed by atoms with E-state index in [1.807, 2.05) is 14.0 Å². The average molecular weight is 238 g/mol. The summed E-state index contributed by atoms with van der Waals surface area (Å²) in [5.74, 6) is 0. The molecule has 0 saturated heterocycles. The van der Waals surface area contributed by atoms with Gasteiger partial charge >= 0.3 is 0 Å². The van der Waals surface area contributed by atoms with E-state index in [0.717, 1.165) is 19.3 Å². The van der Waals surface area contributed by atoms with E-state index in [1.165, 1.54) is 12.8 Å². The van der Waals surface area contributed by atoms with Gasteiger partial charge in [0.25, 0.3) is 0 Å². The molecule has 1 unspecified atom stereocenters. The molecule has 0 aromatic rings. The van der Waals surface area contributed by atoms with E-state index in [4.69, 9.17) is 10.00 Å². The van der Waals surface area contributed by atoms with Gasteiger partial charge in [-0.05, 0) is 45.1 Å². The van der Waals surface area contributed by atoms with E-state index in [1.54, 1.807) is 0 Å². The highest BCUT2D eigenvalue weighted by Gasteiger charge is 2.28. The molecule has 0 aliphatic heterocycles. The van der Waals surface area contributed by atoms with Crippen LogP contribution in [0.1, 0.15) is 52.9 Å². The number of nitrogens with one attached hydrogen (secondary N) is 1. The Balaban J connectivity index is 2.23. The molecule has 1 saturated carbocycles. The van der Waals surface area contributed by atoms with Crippen molar-refractivity contribution in [2.24, 2.45) is 5.41 Å². The van der Waals surface area contributed by atoms with Gasteiger partial charge in [0.2, 0.25) is 0 Å². The predicted molar refractivity (Wildman–Crippen MR) is 69.7 cm³/mol. The molecule has 0 aromatic heterocycles. The zero-order chi connectivity index (χ0) is 12.9. The number of ether oxygens (including phenoxy) is 1. The van der Waals surface area contributed by atoms with Crippen LogP contribution in [0, 0.1) is 16.7 Å². The smallest absolute Gasteiger partial charge is 0.105 e. The fourth-order valence-corrected chi connectivity index (χ4v) is 2.21. The zero-order valence-corrected chi connectivity index (χ0v) is 11.7. The Bertz CT molecular complexity index is 272. The first kappa shape index (κ1) is 14.5. The third kappa shape index (κ3) is 4.65. The number of nitrogens with zero attached hydrogens (tertiary/aromatic N) is 1. The Hall–Kier alpha value is -0.590. The van der Waals surface area contributed by atoms with Crippen LogP contribution in [-0.4, -0.2) is 25.3 Å². The molecule has 0 spiro atoms. The van der Waals surface area contributed by atoms with Crippen molar-refractivity contribution in [1.29, 1.82) is 5.26 Å². The van der Waals surface area contributed by atoms with Gasteiger partial charge in [0, 0.05) is 13.0 Å². The fraction of sp³-hybridized carbons (Fsp3) is 0.929. The summed E-state index contributed by atoms with van der Waals surface area (Å²) in [5.41, 5.74) is 0.0416. The molecule has 1 rings (SSSR count). The van der Waals surface area contributed by atoms with E-state index in [2.05, 4.69) is 25.2 Å². The first-order chi connectivity index (χ1) is 7.91. The van der Waals surface area contributed by atoms with Gasteiger partial charge in [0.15, 0.2) is 0 Å². The van der Waals surface area contributed by atoms with Gasteiger partial charge in [-0.15, -0.1) is 0 Å². The summed E-state index contributed by atoms with van der Waals surface area (Å²) in [6, 6.07) is 2.29. The molecule has 0 radical (unpaired) electrons. The molecule has 0 amide bonds. The topological polar surface area (TPSA) is 45.0 Å². The Morgan fingerprint density at radius 1 is 1.41 bits per heavy atom. The highest BCUT2D eigenvalue weighted by molar-refractivity contribution is 5.02. The second-order valence-electron chi connectivity index (χ2n) is 6.18. The van der Waals surface area contributed by atoms with Crippen LogP contribution in [0.4, 0.5) is 0 Å². The Morgan fingerprint density at radius 3 is 2.47 bits per heavy atom. The minimum atomic E-state index is -0.450. The van der Waals surface area contributed by atoms with Crippen molar-refractivity contribution in [2.75, 3.05) is 13.7 Å². The molecule has 0 bridgehead atoms. The largest absolute Gasteiger partial charge is 0.378 e. The number of rotatable bonds is 5. The van der Waals surface area contributed by atoms with Crippen molar-refractivity contribution in [3.05, 3.63) is 0 Å². The molecule has 3 nitrogen and oxygen atoms in total. The van der Waals surface area contributed by atoms with E-state index in [-0.39, 0.29) is 0 Å². The van der Waals surface area contributed by atoms with Crippen LogP contribution in [-0.2, 0) is 4.74 Å². The molecular weight excluding hydrogens is 212 g/mol. The molecule has 3 heteroatoms. The van der Waals surface area contributed by atoms with Crippen molar-refractivity contribution >= 4 is 0 Å². The van der Waals surface area contributed by atoms with Crippen LogP contribution >= 0.6 is 0 Å². The molecular formula is C14H26N2O. The molecule has 1 N–H and O–H groups in total. The van der Waals surface area contributed by atoms with Gasteiger partial charge in [0.05, 0.1) is 12.2 Å². The fourth-order valence-electron chi connectivity index (χ4n) is 2.21. The van der Waals surface area contributed by atoms with E-state index >= 15 is 0 Å². The van der Waals surface area contributed by atoms with Crippen molar-refractivity contribution in [2.45, 2.75) is 64.5 Å². The highest BCUT2D eigenvalue weighted by atomic mass is 16.5. The first-order valence-corrected chi connectivity index (χ1v) is 6.63. The number of hydrogen-bond donors (Lipinski definition) is 1. The molecule has 1 fully saturated rings. The lowest BCUT2D eigenvalue weighted by atomic mass is 9.76. The lowest BCUT2D eigenvalue weighted by Crippen LogP contribution is -2.39. The molecule has 98 valence electrons. The van der Waals surface area contributed by atoms with Crippen molar-refractivity contribution in [3.63, 3.8) is 0 Å². The Morgan fingerprint density at radius 2 is 2.00 bits per heavy atom. The van der Waals surface area contributed by atoms with Gasteiger partial charge in [0.1, 0.15) is 5.54 Å². The zero-order valence-electron chi connectivity index (χ0n) is 11.7. The monoisotopic (exact) mass is 238 g/mol. The molecule has 0 heterocycles. The molecule has 1 atom stereocenters. The summed E-state index contributed by atoms with van der Waals surface area (Å²) >= 11 is 0. The van der Waals surface area contributed by atoms with E-state index in [9.17, 15) is 0 Å². The summed E-state index contributed by atoms with van der Waals surface area (Å²) in [5, 5.41) is 12.1. The predicted octanol–water partition coefficient (Wildman–Crippen LogP) is 2.86. The van der Waals surface area contributed by atoms with Crippen molar-refractivity contribution < 1.29 is 4.74 Å². The third-order valence-electron chi connectivity index (χ3n) is 4.04. The van der Waals surface area contributed by atoms with Gasteiger partial charge in [-0.2, -0.15) is 5.26 Å². The van der Waals surface area contributed by atoms with Crippen LogP contribution in [0.15, 0.2) is 0 Å². The maximum absolute atomic E-state index is 9.02. The average Bonchev–Trinajstić information content (AvgIpc) is 2.31. The molecule has 17 heavy (non-hydrogen) atoms. The van der Waals surface area contributed by atoms with E-state index in [0.29, 0.717) is 18.1 Å². The van der Waals surface area contributed by atoms with Gasteiger partial charge in [-0.25, -0.2) is 0 Å². The Labute approximate surface area is 106 Å². The minimum absolute atomic E-state index is 0.405. The summed E-state index contributed by atoms with van der Waals surface area (Å²) in [6.07, 6.45) is 5.98. The van der Waals surface area contributed by atoms with Gasteiger partial charge in [-0.3, -0.25) is 0 Å². The second kappa shape index (κ2) is 5.84. The number of nitriles is 1. The quantitative estimate of drug-likeness (QED) is 0.801. The van der Waals surface area contributed by atoms with Crippen molar-refractivity contribution in [1.82, 2.24) is 5.32 Å². The Kier molecular flexibility index (Phi) is 4.97. The molecule has 1 aliphatic carbocycles. The standard InChI is InChI=1S/C14H26N2O/c1-13(2)7-5-12(6-8-13)17-10-9-14(3,11-15)16-4/h12,16H,5-10H2,1-4H3. The summed E-state index contributed by atoms with van der Waals surface area (Å²) in [7, 11) is 1.83. The summed E-state index contributed by atoms with van der Waals surface area (Å²) < 4.78 is 5.88. The van der Waals surface area contributed by atoms with Crippen LogP contribution < -0.4 is 5.32 Å². The lowest BCUT2D eigenvalue weighted by Gasteiger charge is -2.34. The minimum Gasteiger partial charge on any atom is -0.378 e. The maximum Gasteiger partial charge on any atom is 0.105 e. The van der Waals surface area contributed by atoms with Crippen LogP contribution in [0.25, 0.3) is 0 Å². The third-order valence-corrected chi connectivity index (χ3v) is 4.04. The van der Waals surface area contributed by atoms with Crippen LogP contribution in [0.2, 0.25) is 0 Å². The van der Waals surface area contributed by atoms with Gasteiger partial charge in [-0.1, -0.05) is 13.8 Å². The van der Waals surface area contributed by atoms with E-state index < -0.39 is 5.54 Å². The normalized spacial score (nSPS) is 23.9. The second-order valence-corrected chi connectivity index (χ2v) is 6.18. The van der Waals surface area contributed by atoms with Crippen molar-refractivity contribution in [3.8, 4) is 6.07 Å². The first-order valence-electron chi connectivity index (χ1n) is 6.63. The molecule has 1 aliphatic rings.